The van der Waals surface area contributed by atoms with Crippen LogP contribution in [-0.4, -0.2) is 0 Å². The zero-order valence-corrected chi connectivity index (χ0v) is 10.3. The van der Waals surface area contributed by atoms with Crippen LogP contribution in [0.4, 0.5) is 14.1 Å². The minimum atomic E-state index is 0. The second-order valence-electron chi connectivity index (χ2n) is 3.45. The molecule has 1 aromatic carbocycles. The van der Waals surface area contributed by atoms with Gasteiger partial charge in [0.2, 0.25) is 0 Å². The Balaban J connectivity index is -0.000000563. The van der Waals surface area contributed by atoms with E-state index in [1.165, 1.54) is 37.7 Å². The Morgan fingerprint density at radius 1 is 0.875 bits per heavy atom. The van der Waals surface area contributed by atoms with E-state index in [9.17, 15) is 0 Å². The van der Waals surface area contributed by atoms with E-state index in [2.05, 4.69) is 19.1 Å². The molecule has 4 heteroatoms. The normalized spacial score (nSPS) is 8.31. The van der Waals surface area contributed by atoms with Gasteiger partial charge in [-0.25, -0.2) is 0 Å². The summed E-state index contributed by atoms with van der Waals surface area (Å²) in [5.41, 5.74) is 1.42. The number of rotatable bonds is 5. The Morgan fingerprint density at radius 3 is 1.94 bits per heavy atom. The summed E-state index contributed by atoms with van der Waals surface area (Å²) in [5, 5.41) is 0. The predicted molar refractivity (Wildman–Crippen MR) is 67.7 cm³/mol. The third-order valence-electron chi connectivity index (χ3n) is 2.24. The molecule has 0 aliphatic rings. The molecule has 0 unspecified atom stereocenters. The van der Waals surface area contributed by atoms with Crippen molar-refractivity contribution < 1.29 is 14.1 Å². The lowest BCUT2D eigenvalue weighted by Gasteiger charge is -2.00. The lowest BCUT2D eigenvalue weighted by Crippen LogP contribution is -1.84. The molecule has 0 bridgehead atoms. The zero-order chi connectivity index (χ0) is 9.52. The van der Waals surface area contributed by atoms with E-state index in [4.69, 9.17) is 12.6 Å². The van der Waals surface area contributed by atoms with Crippen molar-refractivity contribution >= 4 is 12.6 Å². The average Bonchev–Trinajstić information content (AvgIpc) is 2.15. The number of unbranched alkanes of at least 4 members (excludes halogenated alkanes) is 3. The van der Waals surface area contributed by atoms with Crippen LogP contribution in [0.1, 0.15) is 38.2 Å². The van der Waals surface area contributed by atoms with E-state index >= 15 is 0 Å². The van der Waals surface area contributed by atoms with Crippen molar-refractivity contribution in [2.45, 2.75) is 43.9 Å². The molecule has 0 N–H and O–H groups in total. The van der Waals surface area contributed by atoms with Gasteiger partial charge < -0.3 is 0 Å². The SMILES string of the molecule is CCCCCCc1ccc([S])cc1.F.F.F. The van der Waals surface area contributed by atoms with Gasteiger partial charge in [-0.15, -0.1) is 0 Å². The van der Waals surface area contributed by atoms with Gasteiger partial charge in [-0.2, -0.15) is 0 Å². The molecule has 0 spiro atoms. The van der Waals surface area contributed by atoms with E-state index in [-0.39, 0.29) is 14.1 Å². The largest absolute Gasteiger partial charge is 0.269 e. The van der Waals surface area contributed by atoms with Crippen molar-refractivity contribution in [2.24, 2.45) is 0 Å². The Labute approximate surface area is 101 Å². The molecular weight excluding hydrogens is 233 g/mol. The van der Waals surface area contributed by atoms with Crippen molar-refractivity contribution in [1.82, 2.24) is 0 Å². The smallest absolute Gasteiger partial charge is 0.0377 e. The highest BCUT2D eigenvalue weighted by Crippen LogP contribution is 2.11. The van der Waals surface area contributed by atoms with Crippen LogP contribution in [0.25, 0.3) is 0 Å². The summed E-state index contributed by atoms with van der Waals surface area (Å²) >= 11 is 5.03. The summed E-state index contributed by atoms with van der Waals surface area (Å²) in [6.07, 6.45) is 6.54. The molecule has 0 fully saturated rings. The molecule has 16 heavy (non-hydrogen) atoms. The van der Waals surface area contributed by atoms with Crippen molar-refractivity contribution in [3.8, 4) is 0 Å². The van der Waals surface area contributed by atoms with E-state index in [0.29, 0.717) is 0 Å². The summed E-state index contributed by atoms with van der Waals surface area (Å²) in [6.45, 7) is 2.24. The van der Waals surface area contributed by atoms with Crippen LogP contribution in [0.3, 0.4) is 0 Å². The first-order chi connectivity index (χ1) is 6.33. The molecular formula is C12H20F3S. The van der Waals surface area contributed by atoms with Crippen molar-refractivity contribution in [3.05, 3.63) is 29.8 Å². The van der Waals surface area contributed by atoms with Crippen molar-refractivity contribution in [2.75, 3.05) is 0 Å². The number of benzene rings is 1. The first kappa shape index (κ1) is 20.6. The first-order valence-electron chi connectivity index (χ1n) is 5.09. The summed E-state index contributed by atoms with van der Waals surface area (Å²) in [5.74, 6) is 0. The fraction of sp³-hybridized carbons (Fsp3) is 0.500. The molecule has 0 saturated carbocycles. The third kappa shape index (κ3) is 8.53. The minimum Gasteiger partial charge on any atom is -0.269 e. The topological polar surface area (TPSA) is 0 Å². The van der Waals surface area contributed by atoms with Gasteiger partial charge in [-0.3, -0.25) is 14.1 Å². The standard InChI is InChI=1S/C12H17S.3FH/c1-2-3-4-5-6-11-7-9-12(13)10-8-11;;;/h7-10H,2-6H2,1H3;3*1H. The average molecular weight is 253 g/mol. The molecule has 0 saturated heterocycles. The van der Waals surface area contributed by atoms with E-state index in [0.717, 1.165) is 4.90 Å². The summed E-state index contributed by atoms with van der Waals surface area (Å²) in [4.78, 5) is 0.942. The van der Waals surface area contributed by atoms with E-state index < -0.39 is 0 Å². The maximum atomic E-state index is 5.03. The molecule has 0 amide bonds. The van der Waals surface area contributed by atoms with Crippen LogP contribution >= 0.6 is 12.6 Å². The van der Waals surface area contributed by atoms with Crippen LogP contribution in [0.2, 0.25) is 0 Å². The van der Waals surface area contributed by atoms with Gasteiger partial charge >= 0.3 is 0 Å². The van der Waals surface area contributed by atoms with Crippen molar-refractivity contribution in [3.63, 3.8) is 0 Å². The van der Waals surface area contributed by atoms with E-state index in [1.54, 1.807) is 0 Å². The maximum absolute atomic E-state index is 5.03. The van der Waals surface area contributed by atoms with Crippen molar-refractivity contribution in [1.29, 1.82) is 0 Å². The Kier molecular flexibility index (Phi) is 15.9. The van der Waals surface area contributed by atoms with Crippen LogP contribution in [0.5, 0.6) is 0 Å². The second-order valence-corrected chi connectivity index (χ2v) is 3.93. The van der Waals surface area contributed by atoms with Crippen LogP contribution in [-0.2, 0) is 6.42 Å². The lowest BCUT2D eigenvalue weighted by molar-refractivity contribution is 0.667. The summed E-state index contributed by atoms with van der Waals surface area (Å²) < 4.78 is 0. The van der Waals surface area contributed by atoms with Gasteiger partial charge in [0.25, 0.3) is 0 Å². The molecule has 0 aliphatic carbocycles. The first-order valence-corrected chi connectivity index (χ1v) is 5.49. The Hall–Kier alpha value is -0.770. The molecule has 1 aromatic rings. The van der Waals surface area contributed by atoms with Gasteiger partial charge in [0.15, 0.2) is 0 Å². The van der Waals surface area contributed by atoms with Crippen LogP contribution < -0.4 is 0 Å². The third-order valence-corrected chi connectivity index (χ3v) is 2.51. The molecule has 0 nitrogen and oxygen atoms in total. The summed E-state index contributed by atoms with van der Waals surface area (Å²) in [7, 11) is 0. The lowest BCUT2D eigenvalue weighted by atomic mass is 10.1. The quantitative estimate of drug-likeness (QED) is 0.660. The van der Waals surface area contributed by atoms with E-state index in [1.807, 2.05) is 12.1 Å². The molecule has 0 heterocycles. The van der Waals surface area contributed by atoms with Gasteiger partial charge in [0.1, 0.15) is 0 Å². The van der Waals surface area contributed by atoms with Crippen LogP contribution in [0, 0.1) is 0 Å². The molecule has 95 valence electrons. The monoisotopic (exact) mass is 253 g/mol. The number of halogens is 3. The highest BCUT2D eigenvalue weighted by molar-refractivity contribution is 7.80. The molecule has 1 radical (unpaired) electrons. The number of hydrogen-bond donors (Lipinski definition) is 0. The van der Waals surface area contributed by atoms with Gasteiger partial charge in [-0.1, -0.05) is 50.9 Å². The van der Waals surface area contributed by atoms with Gasteiger partial charge in [-0.05, 0) is 30.5 Å². The Bertz CT molecular complexity index is 237. The highest BCUT2D eigenvalue weighted by Gasteiger charge is 1.93. The number of aryl methyl sites for hydroxylation is 1. The molecule has 0 aromatic heterocycles. The Morgan fingerprint density at radius 2 is 1.44 bits per heavy atom. The predicted octanol–water partition coefficient (Wildman–Crippen LogP) is 4.82. The second kappa shape index (κ2) is 12.3. The zero-order valence-electron chi connectivity index (χ0n) is 9.48. The molecule has 0 aliphatic heterocycles. The fourth-order valence-electron chi connectivity index (χ4n) is 1.41. The van der Waals surface area contributed by atoms with Gasteiger partial charge in [0.05, 0.1) is 0 Å². The summed E-state index contributed by atoms with van der Waals surface area (Å²) in [6, 6.07) is 8.33. The minimum absolute atomic E-state index is 0. The molecule has 0 atom stereocenters. The fourth-order valence-corrected chi connectivity index (χ4v) is 1.55. The molecule has 1 rings (SSSR count). The highest BCUT2D eigenvalue weighted by atomic mass is 32.1. The number of hydrogen-bond acceptors (Lipinski definition) is 0. The van der Waals surface area contributed by atoms with Crippen LogP contribution in [0.15, 0.2) is 29.2 Å². The maximum Gasteiger partial charge on any atom is 0.0377 e. The van der Waals surface area contributed by atoms with Gasteiger partial charge in [0, 0.05) is 4.90 Å².